The third kappa shape index (κ3) is 3.89. The van der Waals surface area contributed by atoms with Crippen LogP contribution >= 0.6 is 0 Å². The standard InChI is InChI=1S/C21H24N4O2/c26-18-8-3-5-15(13-18)10-11-17-7-1-2-12-25(17)21(27)23-19-9-4-6-16-14-22-24-20(16)19/h3-6,8-9,13-14,17,26H,1-2,7,10-12H2,(H,22,24)(H,23,27). The first kappa shape index (κ1) is 17.4. The summed E-state index contributed by atoms with van der Waals surface area (Å²) in [6.45, 7) is 0.773. The number of likely N-dealkylation sites (tertiary alicyclic amines) is 1. The molecule has 1 aliphatic rings. The number of nitrogens with one attached hydrogen (secondary N) is 2. The number of aromatic hydroxyl groups is 1. The highest BCUT2D eigenvalue weighted by Gasteiger charge is 2.26. The van der Waals surface area contributed by atoms with Gasteiger partial charge in [-0.05, 0) is 55.9 Å². The van der Waals surface area contributed by atoms with Crippen LogP contribution < -0.4 is 5.32 Å². The van der Waals surface area contributed by atoms with E-state index in [1.54, 1.807) is 18.3 Å². The highest BCUT2D eigenvalue weighted by atomic mass is 16.3. The fourth-order valence-corrected chi connectivity index (χ4v) is 3.87. The van der Waals surface area contributed by atoms with Crippen molar-refractivity contribution >= 4 is 22.6 Å². The van der Waals surface area contributed by atoms with Crippen LogP contribution in [-0.4, -0.2) is 38.8 Å². The van der Waals surface area contributed by atoms with Gasteiger partial charge in [0.1, 0.15) is 5.75 Å². The zero-order chi connectivity index (χ0) is 18.6. The van der Waals surface area contributed by atoms with E-state index in [0.717, 1.165) is 60.8 Å². The molecule has 3 aromatic rings. The SMILES string of the molecule is O=C(Nc1cccc2cn[nH]c12)N1CCCCC1CCc1cccc(O)c1. The molecule has 1 unspecified atom stereocenters. The minimum absolute atomic E-state index is 0.0577. The Hall–Kier alpha value is -3.02. The number of hydrogen-bond acceptors (Lipinski definition) is 3. The van der Waals surface area contributed by atoms with Gasteiger partial charge in [0, 0.05) is 18.0 Å². The van der Waals surface area contributed by atoms with Crippen molar-refractivity contribution in [1.82, 2.24) is 15.1 Å². The van der Waals surface area contributed by atoms with E-state index in [1.165, 1.54) is 0 Å². The van der Waals surface area contributed by atoms with Crippen molar-refractivity contribution in [2.75, 3.05) is 11.9 Å². The molecule has 27 heavy (non-hydrogen) atoms. The van der Waals surface area contributed by atoms with Crippen molar-refractivity contribution in [1.29, 1.82) is 0 Å². The molecule has 0 aliphatic carbocycles. The lowest BCUT2D eigenvalue weighted by Gasteiger charge is -2.36. The molecule has 140 valence electrons. The number of phenolic OH excluding ortho intramolecular Hbond substituents is 1. The number of aryl methyl sites for hydroxylation is 1. The number of carbonyl (C=O) groups is 1. The molecule has 2 aromatic carbocycles. The number of H-pyrrole nitrogens is 1. The average Bonchev–Trinajstić information content (AvgIpc) is 3.16. The lowest BCUT2D eigenvalue weighted by Crippen LogP contribution is -2.46. The molecular weight excluding hydrogens is 340 g/mol. The zero-order valence-electron chi connectivity index (χ0n) is 15.2. The van der Waals surface area contributed by atoms with E-state index in [-0.39, 0.29) is 12.1 Å². The summed E-state index contributed by atoms with van der Waals surface area (Å²) in [5.41, 5.74) is 2.70. The average molecular weight is 364 g/mol. The summed E-state index contributed by atoms with van der Waals surface area (Å²) in [5, 5.41) is 20.7. The molecule has 0 radical (unpaired) electrons. The van der Waals surface area contributed by atoms with Gasteiger partial charge in [-0.25, -0.2) is 4.79 Å². The number of aromatic nitrogens is 2. The predicted octanol–water partition coefficient (Wildman–Crippen LogP) is 4.29. The Morgan fingerprint density at radius 2 is 2.15 bits per heavy atom. The van der Waals surface area contributed by atoms with Crippen LogP contribution in [0.25, 0.3) is 10.9 Å². The van der Waals surface area contributed by atoms with Gasteiger partial charge in [0.2, 0.25) is 0 Å². The van der Waals surface area contributed by atoms with Crippen LogP contribution in [0, 0.1) is 0 Å². The number of anilines is 1. The first-order valence-corrected chi connectivity index (χ1v) is 9.48. The van der Waals surface area contributed by atoms with E-state index < -0.39 is 0 Å². The zero-order valence-corrected chi connectivity index (χ0v) is 15.2. The van der Waals surface area contributed by atoms with Gasteiger partial charge >= 0.3 is 6.03 Å². The van der Waals surface area contributed by atoms with Crippen LogP contribution in [0.3, 0.4) is 0 Å². The number of amides is 2. The van der Waals surface area contributed by atoms with Crippen molar-refractivity contribution in [3.63, 3.8) is 0 Å². The van der Waals surface area contributed by atoms with E-state index in [2.05, 4.69) is 15.5 Å². The van der Waals surface area contributed by atoms with Crippen LogP contribution in [0.4, 0.5) is 10.5 Å². The molecular formula is C21H24N4O2. The molecule has 0 bridgehead atoms. The minimum Gasteiger partial charge on any atom is -0.508 e. The van der Waals surface area contributed by atoms with Crippen LogP contribution in [0.2, 0.25) is 0 Å². The maximum atomic E-state index is 12.9. The van der Waals surface area contributed by atoms with Gasteiger partial charge in [-0.2, -0.15) is 5.10 Å². The molecule has 1 aliphatic heterocycles. The second kappa shape index (κ2) is 7.70. The van der Waals surface area contributed by atoms with Crippen molar-refractivity contribution in [3.8, 4) is 5.75 Å². The number of fused-ring (bicyclic) bond motifs is 1. The number of benzene rings is 2. The molecule has 1 saturated heterocycles. The predicted molar refractivity (Wildman–Crippen MR) is 106 cm³/mol. The molecule has 1 fully saturated rings. The van der Waals surface area contributed by atoms with E-state index in [0.29, 0.717) is 5.75 Å². The largest absolute Gasteiger partial charge is 0.508 e. The second-order valence-electron chi connectivity index (χ2n) is 7.12. The Balaban J connectivity index is 1.45. The van der Waals surface area contributed by atoms with E-state index in [9.17, 15) is 9.90 Å². The van der Waals surface area contributed by atoms with Crippen molar-refractivity contribution < 1.29 is 9.90 Å². The van der Waals surface area contributed by atoms with Crippen LogP contribution in [-0.2, 0) is 6.42 Å². The number of urea groups is 1. The third-order valence-electron chi connectivity index (χ3n) is 5.28. The molecule has 6 heteroatoms. The molecule has 2 heterocycles. The number of nitrogens with zero attached hydrogens (tertiary/aromatic N) is 2. The summed E-state index contributed by atoms with van der Waals surface area (Å²) in [7, 11) is 0. The highest BCUT2D eigenvalue weighted by molar-refractivity contribution is 5.99. The topological polar surface area (TPSA) is 81.2 Å². The van der Waals surface area contributed by atoms with E-state index >= 15 is 0 Å². The van der Waals surface area contributed by atoms with Gasteiger partial charge in [-0.15, -0.1) is 0 Å². The number of phenols is 1. The third-order valence-corrected chi connectivity index (χ3v) is 5.28. The Labute approximate surface area is 158 Å². The Morgan fingerprint density at radius 1 is 1.26 bits per heavy atom. The van der Waals surface area contributed by atoms with Crippen LogP contribution in [0.15, 0.2) is 48.7 Å². The van der Waals surface area contributed by atoms with Crippen molar-refractivity contribution in [2.45, 2.75) is 38.1 Å². The Kier molecular flexibility index (Phi) is 4.96. The number of hydrogen-bond donors (Lipinski definition) is 3. The molecule has 1 aromatic heterocycles. The molecule has 0 saturated carbocycles. The second-order valence-corrected chi connectivity index (χ2v) is 7.12. The number of para-hydroxylation sites is 1. The normalized spacial score (nSPS) is 17.2. The van der Waals surface area contributed by atoms with Gasteiger partial charge in [-0.3, -0.25) is 5.10 Å². The summed E-state index contributed by atoms with van der Waals surface area (Å²) in [5.74, 6) is 0.290. The summed E-state index contributed by atoms with van der Waals surface area (Å²) < 4.78 is 0. The smallest absolute Gasteiger partial charge is 0.322 e. The Morgan fingerprint density at radius 3 is 3.04 bits per heavy atom. The van der Waals surface area contributed by atoms with Crippen LogP contribution in [0.1, 0.15) is 31.2 Å². The molecule has 0 spiro atoms. The lowest BCUT2D eigenvalue weighted by molar-refractivity contribution is 0.158. The lowest BCUT2D eigenvalue weighted by atomic mass is 9.96. The van der Waals surface area contributed by atoms with Crippen molar-refractivity contribution in [2.24, 2.45) is 0 Å². The molecule has 6 nitrogen and oxygen atoms in total. The van der Waals surface area contributed by atoms with E-state index in [4.69, 9.17) is 0 Å². The van der Waals surface area contributed by atoms with Crippen LogP contribution in [0.5, 0.6) is 5.75 Å². The van der Waals surface area contributed by atoms with Gasteiger partial charge in [0.25, 0.3) is 0 Å². The fourth-order valence-electron chi connectivity index (χ4n) is 3.87. The number of rotatable bonds is 4. The van der Waals surface area contributed by atoms with Gasteiger partial charge in [-0.1, -0.05) is 24.3 Å². The van der Waals surface area contributed by atoms with Gasteiger partial charge in [0.15, 0.2) is 0 Å². The van der Waals surface area contributed by atoms with E-state index in [1.807, 2.05) is 35.2 Å². The quantitative estimate of drug-likeness (QED) is 0.646. The number of carbonyl (C=O) groups excluding carboxylic acids is 1. The molecule has 1 atom stereocenters. The minimum atomic E-state index is -0.0577. The first-order chi connectivity index (χ1) is 13.2. The Bertz CT molecular complexity index is 937. The first-order valence-electron chi connectivity index (χ1n) is 9.48. The maximum absolute atomic E-state index is 12.9. The highest BCUT2D eigenvalue weighted by Crippen LogP contribution is 2.25. The monoisotopic (exact) mass is 364 g/mol. The fraction of sp³-hybridized carbons (Fsp3) is 0.333. The van der Waals surface area contributed by atoms with Gasteiger partial charge in [0.05, 0.1) is 17.4 Å². The molecule has 4 rings (SSSR count). The summed E-state index contributed by atoms with van der Waals surface area (Å²) >= 11 is 0. The number of aromatic amines is 1. The summed E-state index contributed by atoms with van der Waals surface area (Å²) in [6.07, 6.45) is 6.68. The summed E-state index contributed by atoms with van der Waals surface area (Å²) in [4.78, 5) is 14.9. The number of piperidine rings is 1. The van der Waals surface area contributed by atoms with Gasteiger partial charge < -0.3 is 15.3 Å². The molecule has 3 N–H and O–H groups in total. The molecule has 2 amide bonds. The summed E-state index contributed by atoms with van der Waals surface area (Å²) in [6, 6.07) is 13.3. The maximum Gasteiger partial charge on any atom is 0.322 e. The van der Waals surface area contributed by atoms with Crippen molar-refractivity contribution in [3.05, 3.63) is 54.2 Å².